The predicted molar refractivity (Wildman–Crippen MR) is 90.3 cm³/mol. The average Bonchev–Trinajstić information content (AvgIpc) is 2.44. The van der Waals surface area contributed by atoms with Crippen LogP contribution >= 0.6 is 11.8 Å². The van der Waals surface area contributed by atoms with Crippen molar-refractivity contribution in [2.24, 2.45) is 5.41 Å². The van der Waals surface area contributed by atoms with Gasteiger partial charge in [-0.3, -0.25) is 0 Å². The molecule has 0 heterocycles. The lowest BCUT2D eigenvalue weighted by Crippen LogP contribution is -2.42. The van der Waals surface area contributed by atoms with Gasteiger partial charge < -0.3 is 10.0 Å². The number of benzene rings is 1. The van der Waals surface area contributed by atoms with Gasteiger partial charge in [0.2, 0.25) is 0 Å². The summed E-state index contributed by atoms with van der Waals surface area (Å²) in [4.78, 5) is 2.39. The van der Waals surface area contributed by atoms with Crippen LogP contribution in [0, 0.1) is 5.41 Å². The largest absolute Gasteiger partial charge is 0.388 e. The summed E-state index contributed by atoms with van der Waals surface area (Å²) >= 11 is 1.89. The van der Waals surface area contributed by atoms with Gasteiger partial charge in [0.15, 0.2) is 0 Å². The van der Waals surface area contributed by atoms with Crippen molar-refractivity contribution in [3.8, 4) is 0 Å². The minimum absolute atomic E-state index is 0.165. The molecular formula is C17H29NOS. The molecule has 0 bridgehead atoms. The first-order valence-electron chi connectivity index (χ1n) is 7.34. The molecule has 0 aliphatic heterocycles. The molecule has 114 valence electrons. The molecule has 20 heavy (non-hydrogen) atoms. The first kappa shape index (κ1) is 17.5. The van der Waals surface area contributed by atoms with Crippen LogP contribution in [-0.2, 0) is 0 Å². The van der Waals surface area contributed by atoms with Gasteiger partial charge in [-0.05, 0) is 25.3 Å². The average molecular weight is 295 g/mol. The molecule has 0 aliphatic rings. The zero-order valence-electron chi connectivity index (χ0n) is 13.5. The van der Waals surface area contributed by atoms with E-state index in [1.165, 1.54) is 0 Å². The summed E-state index contributed by atoms with van der Waals surface area (Å²) in [5.41, 5.74) is 0.839. The van der Waals surface area contributed by atoms with E-state index in [1.54, 1.807) is 0 Å². The second-order valence-corrected chi connectivity index (χ2v) is 7.15. The number of aliphatic hydroxyl groups is 1. The second kappa shape index (κ2) is 8.06. The van der Waals surface area contributed by atoms with Crippen LogP contribution in [0.5, 0.6) is 0 Å². The van der Waals surface area contributed by atoms with E-state index in [2.05, 4.69) is 39.0 Å². The van der Waals surface area contributed by atoms with Crippen LogP contribution in [0.1, 0.15) is 38.9 Å². The SMILES string of the molecule is CCC(CSC)N(C)CC(C)(C)C(O)c1ccccc1. The van der Waals surface area contributed by atoms with E-state index in [0.717, 1.165) is 24.3 Å². The Kier molecular flexibility index (Phi) is 7.07. The first-order valence-corrected chi connectivity index (χ1v) is 8.74. The Morgan fingerprint density at radius 3 is 2.35 bits per heavy atom. The summed E-state index contributed by atoms with van der Waals surface area (Å²) in [5, 5.41) is 10.6. The highest BCUT2D eigenvalue weighted by Gasteiger charge is 2.31. The molecule has 0 radical (unpaired) electrons. The molecule has 0 fully saturated rings. The summed E-state index contributed by atoms with van der Waals surface area (Å²) in [6.45, 7) is 7.42. The fraction of sp³-hybridized carbons (Fsp3) is 0.647. The van der Waals surface area contributed by atoms with E-state index in [0.29, 0.717) is 6.04 Å². The van der Waals surface area contributed by atoms with Gasteiger partial charge in [0.05, 0.1) is 6.10 Å². The molecule has 0 saturated carbocycles. The Labute approximate surface area is 128 Å². The molecule has 1 rings (SSSR count). The van der Waals surface area contributed by atoms with Crippen molar-refractivity contribution >= 4 is 11.8 Å². The van der Waals surface area contributed by atoms with Gasteiger partial charge in [-0.15, -0.1) is 0 Å². The van der Waals surface area contributed by atoms with Crippen molar-refractivity contribution in [3.05, 3.63) is 35.9 Å². The highest BCUT2D eigenvalue weighted by molar-refractivity contribution is 7.98. The molecule has 1 N–H and O–H groups in total. The molecule has 2 atom stereocenters. The van der Waals surface area contributed by atoms with Gasteiger partial charge in [-0.2, -0.15) is 11.8 Å². The number of hydrogen-bond acceptors (Lipinski definition) is 3. The van der Waals surface area contributed by atoms with E-state index in [9.17, 15) is 5.11 Å². The quantitative estimate of drug-likeness (QED) is 0.788. The number of thioether (sulfide) groups is 1. The first-order chi connectivity index (χ1) is 9.42. The zero-order valence-corrected chi connectivity index (χ0v) is 14.3. The highest BCUT2D eigenvalue weighted by Crippen LogP contribution is 2.34. The summed E-state index contributed by atoms with van der Waals surface area (Å²) in [5.74, 6) is 1.14. The van der Waals surface area contributed by atoms with E-state index >= 15 is 0 Å². The molecule has 2 nitrogen and oxygen atoms in total. The molecule has 0 amide bonds. The van der Waals surface area contributed by atoms with E-state index in [-0.39, 0.29) is 5.41 Å². The maximum absolute atomic E-state index is 10.6. The molecular weight excluding hydrogens is 266 g/mol. The minimum atomic E-state index is -0.432. The fourth-order valence-corrected chi connectivity index (χ4v) is 3.57. The lowest BCUT2D eigenvalue weighted by molar-refractivity contribution is 0.0184. The Balaban J connectivity index is 2.73. The molecule has 0 saturated heterocycles. The van der Waals surface area contributed by atoms with Crippen LogP contribution in [0.4, 0.5) is 0 Å². The van der Waals surface area contributed by atoms with Crippen LogP contribution in [0.3, 0.4) is 0 Å². The molecule has 0 aliphatic carbocycles. The standard InChI is InChI=1S/C17H29NOS/c1-6-15(12-20-5)18(4)13-17(2,3)16(19)14-10-8-7-9-11-14/h7-11,15-16,19H,6,12-13H2,1-5H3. The van der Waals surface area contributed by atoms with Crippen LogP contribution in [-0.4, -0.2) is 41.6 Å². The predicted octanol–water partition coefficient (Wildman–Crippen LogP) is 3.82. The van der Waals surface area contributed by atoms with Crippen molar-refractivity contribution in [1.82, 2.24) is 4.90 Å². The zero-order chi connectivity index (χ0) is 15.2. The lowest BCUT2D eigenvalue weighted by Gasteiger charge is -2.38. The van der Waals surface area contributed by atoms with Crippen molar-refractivity contribution in [1.29, 1.82) is 0 Å². The topological polar surface area (TPSA) is 23.5 Å². The fourth-order valence-electron chi connectivity index (χ4n) is 2.69. The van der Waals surface area contributed by atoms with Crippen molar-refractivity contribution in [2.75, 3.05) is 25.6 Å². The minimum Gasteiger partial charge on any atom is -0.388 e. The molecule has 2 unspecified atom stereocenters. The molecule has 1 aromatic carbocycles. The van der Waals surface area contributed by atoms with Crippen LogP contribution in [0.15, 0.2) is 30.3 Å². The second-order valence-electron chi connectivity index (χ2n) is 6.23. The van der Waals surface area contributed by atoms with E-state index < -0.39 is 6.10 Å². The van der Waals surface area contributed by atoms with Gasteiger partial charge in [0.1, 0.15) is 0 Å². The van der Waals surface area contributed by atoms with Gasteiger partial charge in [0, 0.05) is 23.8 Å². The third-order valence-corrected chi connectivity index (χ3v) is 4.68. The summed E-state index contributed by atoms with van der Waals surface area (Å²) < 4.78 is 0. The van der Waals surface area contributed by atoms with Gasteiger partial charge in [0.25, 0.3) is 0 Å². The third-order valence-electron chi connectivity index (χ3n) is 3.97. The number of aliphatic hydroxyl groups excluding tert-OH is 1. The number of nitrogens with zero attached hydrogens (tertiary/aromatic N) is 1. The molecule has 0 aromatic heterocycles. The van der Waals surface area contributed by atoms with Crippen LogP contribution < -0.4 is 0 Å². The maximum Gasteiger partial charge on any atom is 0.0853 e. The smallest absolute Gasteiger partial charge is 0.0853 e. The highest BCUT2D eigenvalue weighted by atomic mass is 32.2. The van der Waals surface area contributed by atoms with E-state index in [1.807, 2.05) is 42.1 Å². The third kappa shape index (κ3) is 4.80. The van der Waals surface area contributed by atoms with Crippen molar-refractivity contribution in [2.45, 2.75) is 39.3 Å². The van der Waals surface area contributed by atoms with Gasteiger partial charge >= 0.3 is 0 Å². The molecule has 3 heteroatoms. The van der Waals surface area contributed by atoms with Crippen molar-refractivity contribution < 1.29 is 5.11 Å². The lowest BCUT2D eigenvalue weighted by atomic mass is 9.82. The molecule has 1 aromatic rings. The van der Waals surface area contributed by atoms with E-state index in [4.69, 9.17) is 0 Å². The van der Waals surface area contributed by atoms with Crippen LogP contribution in [0.2, 0.25) is 0 Å². The monoisotopic (exact) mass is 295 g/mol. The molecule has 0 spiro atoms. The Hall–Kier alpha value is -0.510. The Bertz CT molecular complexity index is 380. The normalized spacial score (nSPS) is 15.3. The van der Waals surface area contributed by atoms with Gasteiger partial charge in [-0.1, -0.05) is 51.1 Å². The van der Waals surface area contributed by atoms with Crippen LogP contribution in [0.25, 0.3) is 0 Å². The number of rotatable bonds is 8. The maximum atomic E-state index is 10.6. The Morgan fingerprint density at radius 1 is 1.25 bits per heavy atom. The number of hydrogen-bond donors (Lipinski definition) is 1. The van der Waals surface area contributed by atoms with Crippen molar-refractivity contribution in [3.63, 3.8) is 0 Å². The summed E-state index contributed by atoms with van der Waals surface area (Å²) in [6, 6.07) is 10.5. The Morgan fingerprint density at radius 2 is 1.85 bits per heavy atom. The summed E-state index contributed by atoms with van der Waals surface area (Å²) in [6.07, 6.45) is 2.87. The summed E-state index contributed by atoms with van der Waals surface area (Å²) in [7, 11) is 2.17. The van der Waals surface area contributed by atoms with Gasteiger partial charge in [-0.25, -0.2) is 0 Å².